The molecule has 0 aliphatic rings. The second-order valence-electron chi connectivity index (χ2n) is 7.18. The van der Waals surface area contributed by atoms with Crippen molar-refractivity contribution in [2.75, 3.05) is 68.6 Å². The van der Waals surface area contributed by atoms with Crippen LogP contribution in [0.2, 0.25) is 0 Å². The van der Waals surface area contributed by atoms with Gasteiger partial charge in [-0.2, -0.15) is 0 Å². The molecule has 0 saturated carbocycles. The second-order valence-corrected chi connectivity index (χ2v) is 7.62. The molecule has 158 valence electrons. The zero-order chi connectivity index (χ0) is 21.6. The minimum Gasteiger partial charge on any atom is -0.547 e. The Morgan fingerprint density at radius 1 is 0.808 bits per heavy atom. The number of aliphatic carboxylic acids is 2. The van der Waals surface area contributed by atoms with Gasteiger partial charge in [-0.25, -0.2) is 0 Å². The van der Waals surface area contributed by atoms with Crippen LogP contribution in [0.4, 0.5) is 0 Å². The molecule has 2 N–H and O–H groups in total. The van der Waals surface area contributed by atoms with E-state index in [2.05, 4.69) is 50.9 Å². The molecule has 0 spiro atoms. The average molecular weight is 425 g/mol. The SMILES string of the molecule is C[N+](C)(C)CCOCl.C[N+](C)(C)CCOCl.O=C([O-])C(O)C(O)C(=O)[O-]. The summed E-state index contributed by atoms with van der Waals surface area (Å²) in [5.74, 6) is -4.12. The monoisotopic (exact) mass is 424 g/mol. The smallest absolute Gasteiger partial charge is 0.124 e. The largest absolute Gasteiger partial charge is 0.547 e. The van der Waals surface area contributed by atoms with E-state index >= 15 is 0 Å². The van der Waals surface area contributed by atoms with Gasteiger partial charge in [-0.15, -0.1) is 0 Å². The molecular weight excluding hydrogens is 395 g/mol. The summed E-state index contributed by atoms with van der Waals surface area (Å²) in [6.45, 7) is 3.13. The fourth-order valence-electron chi connectivity index (χ4n) is 0.875. The first kappa shape index (κ1) is 30.0. The lowest BCUT2D eigenvalue weighted by atomic mass is 10.2. The van der Waals surface area contributed by atoms with Gasteiger partial charge in [-0.3, -0.25) is 8.58 Å². The van der Waals surface area contributed by atoms with Gasteiger partial charge in [0.25, 0.3) is 0 Å². The van der Waals surface area contributed by atoms with Crippen molar-refractivity contribution in [1.82, 2.24) is 0 Å². The molecule has 12 heteroatoms. The molecular formula is C14H30Cl2N2O8. The fourth-order valence-corrected chi connectivity index (χ4v) is 1.01. The Morgan fingerprint density at radius 3 is 1.12 bits per heavy atom. The molecule has 0 aromatic rings. The maximum Gasteiger partial charge on any atom is 0.124 e. The van der Waals surface area contributed by atoms with Crippen LogP contribution in [-0.4, -0.2) is 112 Å². The summed E-state index contributed by atoms with van der Waals surface area (Å²) < 4.78 is 10.5. The van der Waals surface area contributed by atoms with Crippen LogP contribution in [0.15, 0.2) is 0 Å². The Bertz CT molecular complexity index is 350. The number of hydrogen-bond donors (Lipinski definition) is 2. The van der Waals surface area contributed by atoms with Gasteiger partial charge in [0.05, 0.1) is 78.0 Å². The molecule has 0 bridgehead atoms. The Labute approximate surface area is 164 Å². The lowest BCUT2D eigenvalue weighted by molar-refractivity contribution is -0.870. The second kappa shape index (κ2) is 15.3. The minimum atomic E-state index is -2.44. The number of hydrogen-bond acceptors (Lipinski definition) is 8. The molecule has 0 rings (SSSR count). The van der Waals surface area contributed by atoms with Crippen molar-refractivity contribution in [3.8, 4) is 0 Å². The van der Waals surface area contributed by atoms with Crippen molar-refractivity contribution in [2.45, 2.75) is 12.2 Å². The normalized spacial score (nSPS) is 13.5. The van der Waals surface area contributed by atoms with Gasteiger partial charge in [-0.1, -0.05) is 0 Å². The van der Waals surface area contributed by atoms with Crippen LogP contribution in [0, 0.1) is 0 Å². The third-order valence-corrected chi connectivity index (χ3v) is 2.77. The van der Waals surface area contributed by atoms with Crippen LogP contribution in [0.25, 0.3) is 0 Å². The molecule has 0 aliphatic carbocycles. The predicted octanol–water partition coefficient (Wildman–Crippen LogP) is -3.07. The van der Waals surface area contributed by atoms with Crippen molar-refractivity contribution in [3.63, 3.8) is 0 Å². The summed E-state index contributed by atoms with van der Waals surface area (Å²) in [4.78, 5) is 19.3. The maximum absolute atomic E-state index is 9.63. The van der Waals surface area contributed by atoms with Gasteiger partial charge < -0.3 is 39.0 Å². The van der Waals surface area contributed by atoms with Crippen molar-refractivity contribution < 1.29 is 47.6 Å². The Balaban J connectivity index is -0.000000308. The topological polar surface area (TPSA) is 139 Å². The summed E-state index contributed by atoms with van der Waals surface area (Å²) in [7, 11) is 12.6. The number of carbonyl (C=O) groups is 2. The summed E-state index contributed by atoms with van der Waals surface area (Å²) in [5.41, 5.74) is 0. The predicted molar refractivity (Wildman–Crippen MR) is 91.4 cm³/mol. The summed E-state index contributed by atoms with van der Waals surface area (Å²) in [6.07, 6.45) is -4.88. The van der Waals surface area contributed by atoms with E-state index < -0.39 is 24.1 Å². The van der Waals surface area contributed by atoms with Gasteiger partial charge >= 0.3 is 0 Å². The van der Waals surface area contributed by atoms with Crippen LogP contribution in [0.3, 0.4) is 0 Å². The van der Waals surface area contributed by atoms with E-state index in [0.29, 0.717) is 13.2 Å². The van der Waals surface area contributed by atoms with Crippen molar-refractivity contribution in [1.29, 1.82) is 0 Å². The standard InChI is InChI=1S/2C5H13ClNO.C4H6O6/c2*1-7(2,3)4-5-8-6;5-1(3(7)8)2(6)4(9)10/h2*4-5H2,1-3H3;1-2,5-6H,(H,7,8)(H,9,10)/q2*+1;/p-2. The zero-order valence-electron chi connectivity index (χ0n) is 16.0. The third-order valence-electron chi connectivity index (χ3n) is 2.46. The number of quaternary nitrogens is 2. The molecule has 0 amide bonds. The Morgan fingerprint density at radius 2 is 1.04 bits per heavy atom. The first-order valence-corrected chi connectivity index (χ1v) is 8.06. The van der Waals surface area contributed by atoms with Crippen LogP contribution in [-0.2, 0) is 18.2 Å². The number of carboxylic acid groups (broad SMARTS) is 2. The lowest BCUT2D eigenvalue weighted by Gasteiger charge is -2.22. The Hall–Kier alpha value is -0.720. The molecule has 0 radical (unpaired) electrons. The van der Waals surface area contributed by atoms with E-state index in [9.17, 15) is 19.8 Å². The van der Waals surface area contributed by atoms with Crippen molar-refractivity contribution in [2.24, 2.45) is 0 Å². The first-order valence-electron chi connectivity index (χ1n) is 7.45. The van der Waals surface area contributed by atoms with E-state index in [1.165, 1.54) is 0 Å². The molecule has 2 atom stereocenters. The molecule has 10 nitrogen and oxygen atoms in total. The number of nitrogens with zero attached hydrogens (tertiary/aromatic N) is 2. The van der Waals surface area contributed by atoms with Crippen LogP contribution >= 0.6 is 23.7 Å². The van der Waals surface area contributed by atoms with E-state index in [4.69, 9.17) is 33.9 Å². The highest BCUT2D eigenvalue weighted by molar-refractivity contribution is 6.07. The summed E-state index contributed by atoms with van der Waals surface area (Å²) >= 11 is 10.00. The number of carbonyl (C=O) groups excluding carboxylic acids is 2. The highest BCUT2D eigenvalue weighted by Crippen LogP contribution is 1.91. The molecule has 0 saturated heterocycles. The van der Waals surface area contributed by atoms with E-state index in [-0.39, 0.29) is 0 Å². The number of aliphatic hydroxyl groups excluding tert-OH is 2. The van der Waals surface area contributed by atoms with E-state index in [1.54, 1.807) is 0 Å². The van der Waals surface area contributed by atoms with Crippen LogP contribution < -0.4 is 10.2 Å². The van der Waals surface area contributed by atoms with Crippen molar-refractivity contribution in [3.05, 3.63) is 0 Å². The average Bonchev–Trinajstić information content (AvgIpc) is 2.49. The highest BCUT2D eigenvalue weighted by atomic mass is 35.5. The number of aliphatic hydroxyl groups is 2. The number of halogens is 2. The fraction of sp³-hybridized carbons (Fsp3) is 0.857. The third kappa shape index (κ3) is 25.5. The van der Waals surface area contributed by atoms with Gasteiger partial charge in [0.15, 0.2) is 0 Å². The molecule has 0 aromatic heterocycles. The summed E-state index contributed by atoms with van der Waals surface area (Å²) in [6, 6.07) is 0. The molecule has 2 unspecified atom stereocenters. The molecule has 0 aliphatic heterocycles. The summed E-state index contributed by atoms with van der Waals surface area (Å²) in [5, 5.41) is 35.7. The Kier molecular flexibility index (Phi) is 17.7. The van der Waals surface area contributed by atoms with Crippen molar-refractivity contribution >= 4 is 35.7 Å². The van der Waals surface area contributed by atoms with Gasteiger partial charge in [-0.05, 0) is 0 Å². The van der Waals surface area contributed by atoms with Crippen LogP contribution in [0.1, 0.15) is 0 Å². The molecule has 26 heavy (non-hydrogen) atoms. The van der Waals surface area contributed by atoms with Gasteiger partial charge in [0.1, 0.15) is 38.5 Å². The number of carboxylic acids is 2. The van der Waals surface area contributed by atoms with Gasteiger partial charge in [0.2, 0.25) is 0 Å². The van der Waals surface area contributed by atoms with E-state index in [0.717, 1.165) is 22.1 Å². The number of likely N-dealkylation sites (N-methyl/N-ethyl adjacent to an activating group) is 2. The first-order chi connectivity index (χ1) is 11.6. The minimum absolute atomic E-state index is 0.616. The van der Waals surface area contributed by atoms with Crippen LogP contribution in [0.5, 0.6) is 0 Å². The number of rotatable bonds is 9. The van der Waals surface area contributed by atoms with Gasteiger partial charge in [0, 0.05) is 0 Å². The molecule has 0 heterocycles. The zero-order valence-corrected chi connectivity index (χ0v) is 17.5. The maximum atomic E-state index is 9.63. The highest BCUT2D eigenvalue weighted by Gasteiger charge is 2.17. The molecule has 0 aromatic carbocycles. The quantitative estimate of drug-likeness (QED) is 0.371. The lowest BCUT2D eigenvalue weighted by Crippen LogP contribution is -2.51. The van der Waals surface area contributed by atoms with E-state index in [1.807, 2.05) is 0 Å². The molecule has 0 fully saturated rings.